The lowest BCUT2D eigenvalue weighted by atomic mass is 9.98. The lowest BCUT2D eigenvalue weighted by molar-refractivity contribution is -0.145. The van der Waals surface area contributed by atoms with Gasteiger partial charge in [-0.05, 0) is 31.4 Å². The molecule has 108 valence electrons. The molecule has 20 heavy (non-hydrogen) atoms. The minimum Gasteiger partial charge on any atom is -0.465 e. The van der Waals surface area contributed by atoms with Crippen LogP contribution in [-0.4, -0.2) is 17.6 Å². The van der Waals surface area contributed by atoms with Crippen molar-refractivity contribution in [3.63, 3.8) is 0 Å². The number of hydrogen-bond donors (Lipinski definition) is 0. The van der Waals surface area contributed by atoms with E-state index >= 15 is 0 Å². The number of fused-ring (bicyclic) bond motifs is 1. The summed E-state index contributed by atoms with van der Waals surface area (Å²) in [6.45, 7) is 6.39. The van der Waals surface area contributed by atoms with Crippen molar-refractivity contribution in [3.05, 3.63) is 28.2 Å². The Morgan fingerprint density at radius 1 is 1.45 bits per heavy atom. The molecule has 1 atom stereocenters. The molecule has 0 saturated carbocycles. The maximum absolute atomic E-state index is 12.2. The van der Waals surface area contributed by atoms with Crippen LogP contribution in [0.3, 0.4) is 0 Å². The molecule has 1 aromatic heterocycles. The molecule has 0 radical (unpaired) electrons. The fourth-order valence-electron chi connectivity index (χ4n) is 2.09. The molecule has 0 amide bonds. The van der Waals surface area contributed by atoms with Crippen LogP contribution in [0.25, 0.3) is 10.2 Å². The summed E-state index contributed by atoms with van der Waals surface area (Å²) in [6, 6.07) is 5.63. The Morgan fingerprint density at radius 2 is 2.20 bits per heavy atom. The van der Waals surface area contributed by atoms with Crippen LogP contribution in [-0.2, 0) is 9.53 Å². The summed E-state index contributed by atoms with van der Waals surface area (Å²) in [5.41, 5.74) is 0.843. The van der Waals surface area contributed by atoms with Gasteiger partial charge < -0.3 is 4.74 Å². The molecule has 0 aliphatic rings. The molecule has 2 aromatic rings. The molecule has 0 N–H and O–H groups in total. The Morgan fingerprint density at radius 3 is 2.80 bits per heavy atom. The second-order valence-electron chi connectivity index (χ2n) is 5.07. The summed E-state index contributed by atoms with van der Waals surface area (Å²) in [7, 11) is 0. The highest BCUT2D eigenvalue weighted by Crippen LogP contribution is 2.35. The van der Waals surface area contributed by atoms with E-state index in [2.05, 4.69) is 18.8 Å². The average Bonchev–Trinajstić information content (AvgIpc) is 2.81. The molecule has 2 rings (SSSR count). The zero-order valence-electron chi connectivity index (χ0n) is 11.9. The van der Waals surface area contributed by atoms with Gasteiger partial charge in [0.15, 0.2) is 0 Å². The molecule has 0 fully saturated rings. The molecule has 5 heteroatoms. The average molecular weight is 312 g/mol. The molecule has 0 aliphatic carbocycles. The monoisotopic (exact) mass is 311 g/mol. The van der Waals surface area contributed by atoms with Crippen LogP contribution >= 0.6 is 22.9 Å². The van der Waals surface area contributed by atoms with E-state index in [1.54, 1.807) is 0 Å². The number of aromatic nitrogens is 1. The second kappa shape index (κ2) is 6.55. The van der Waals surface area contributed by atoms with Gasteiger partial charge in [-0.2, -0.15) is 0 Å². The summed E-state index contributed by atoms with van der Waals surface area (Å²) in [4.78, 5) is 16.7. The first-order chi connectivity index (χ1) is 9.52. The first-order valence-electron chi connectivity index (χ1n) is 6.74. The predicted molar refractivity (Wildman–Crippen MR) is 83.5 cm³/mol. The van der Waals surface area contributed by atoms with Crippen molar-refractivity contribution < 1.29 is 9.53 Å². The number of benzene rings is 1. The number of carbonyl (C=O) groups is 1. The first kappa shape index (κ1) is 15.3. The van der Waals surface area contributed by atoms with Crippen molar-refractivity contribution >= 4 is 39.1 Å². The number of carbonyl (C=O) groups excluding carboxylic acids is 1. The van der Waals surface area contributed by atoms with Crippen molar-refractivity contribution in [1.29, 1.82) is 0 Å². The van der Waals surface area contributed by atoms with E-state index < -0.39 is 0 Å². The molecular formula is C15H18ClNO2S. The standard InChI is InChI=1S/C15H18ClNO2S/c1-4-19-15(18)10(8-9(2)3)14-17-12-7-5-6-11(16)13(12)20-14/h5-7,9-10H,4,8H2,1-3H3. The lowest BCUT2D eigenvalue weighted by Gasteiger charge is -2.14. The van der Waals surface area contributed by atoms with Gasteiger partial charge in [-0.3, -0.25) is 4.79 Å². The molecule has 0 bridgehead atoms. The third-order valence-corrected chi connectivity index (χ3v) is 4.60. The molecule has 1 unspecified atom stereocenters. The molecule has 0 saturated heterocycles. The van der Waals surface area contributed by atoms with Crippen LogP contribution < -0.4 is 0 Å². The highest BCUT2D eigenvalue weighted by molar-refractivity contribution is 7.19. The van der Waals surface area contributed by atoms with Gasteiger partial charge in [-0.25, -0.2) is 4.98 Å². The Labute approximate surface area is 127 Å². The number of esters is 1. The predicted octanol–water partition coefficient (Wildman–Crippen LogP) is 4.64. The topological polar surface area (TPSA) is 39.2 Å². The summed E-state index contributed by atoms with van der Waals surface area (Å²) in [6.07, 6.45) is 0.732. The molecular weight excluding hydrogens is 294 g/mol. The Hall–Kier alpha value is -1.13. The van der Waals surface area contributed by atoms with E-state index in [0.717, 1.165) is 21.6 Å². The van der Waals surface area contributed by atoms with Crippen LogP contribution in [0.4, 0.5) is 0 Å². The fraction of sp³-hybridized carbons (Fsp3) is 0.467. The minimum absolute atomic E-state index is 0.198. The van der Waals surface area contributed by atoms with Gasteiger partial charge in [0.25, 0.3) is 0 Å². The minimum atomic E-state index is -0.302. The van der Waals surface area contributed by atoms with E-state index in [9.17, 15) is 4.79 Å². The Kier molecular flexibility index (Phi) is 5.00. The van der Waals surface area contributed by atoms with Crippen LogP contribution in [0.5, 0.6) is 0 Å². The van der Waals surface area contributed by atoms with Gasteiger partial charge >= 0.3 is 5.97 Å². The van der Waals surface area contributed by atoms with Crippen molar-refractivity contribution in [3.8, 4) is 0 Å². The number of nitrogens with zero attached hydrogens (tertiary/aromatic N) is 1. The highest BCUT2D eigenvalue weighted by atomic mass is 35.5. The zero-order valence-corrected chi connectivity index (χ0v) is 13.4. The van der Waals surface area contributed by atoms with E-state index in [1.807, 2.05) is 25.1 Å². The second-order valence-corrected chi connectivity index (χ2v) is 6.51. The van der Waals surface area contributed by atoms with Crippen LogP contribution in [0.2, 0.25) is 5.02 Å². The summed E-state index contributed by atoms with van der Waals surface area (Å²) in [5.74, 6) is -0.105. The summed E-state index contributed by atoms with van der Waals surface area (Å²) in [5, 5.41) is 1.47. The van der Waals surface area contributed by atoms with E-state index in [0.29, 0.717) is 17.5 Å². The molecule has 1 aromatic carbocycles. The largest absolute Gasteiger partial charge is 0.465 e. The van der Waals surface area contributed by atoms with Gasteiger partial charge in [-0.15, -0.1) is 11.3 Å². The maximum Gasteiger partial charge on any atom is 0.315 e. The van der Waals surface area contributed by atoms with Crippen molar-refractivity contribution in [2.75, 3.05) is 6.61 Å². The van der Waals surface area contributed by atoms with Crippen LogP contribution in [0.15, 0.2) is 18.2 Å². The fourth-order valence-corrected chi connectivity index (χ4v) is 3.45. The van der Waals surface area contributed by atoms with Gasteiger partial charge in [0, 0.05) is 0 Å². The molecule has 0 spiro atoms. The molecule has 0 aliphatic heterocycles. The van der Waals surface area contributed by atoms with Crippen molar-refractivity contribution in [2.24, 2.45) is 5.92 Å². The van der Waals surface area contributed by atoms with E-state index in [1.165, 1.54) is 11.3 Å². The third kappa shape index (κ3) is 3.30. The third-order valence-electron chi connectivity index (χ3n) is 2.96. The van der Waals surface area contributed by atoms with E-state index in [4.69, 9.17) is 16.3 Å². The summed E-state index contributed by atoms with van der Waals surface area (Å²) >= 11 is 7.66. The Bertz CT molecular complexity index is 609. The molecule has 3 nitrogen and oxygen atoms in total. The molecule has 1 heterocycles. The SMILES string of the molecule is CCOC(=O)C(CC(C)C)c1nc2cccc(Cl)c2s1. The van der Waals surface area contributed by atoms with Crippen molar-refractivity contribution in [1.82, 2.24) is 4.98 Å². The van der Waals surface area contributed by atoms with Gasteiger partial charge in [0.2, 0.25) is 0 Å². The lowest BCUT2D eigenvalue weighted by Crippen LogP contribution is -2.17. The normalized spacial score (nSPS) is 12.8. The van der Waals surface area contributed by atoms with Gasteiger partial charge in [0.05, 0.1) is 21.8 Å². The smallest absolute Gasteiger partial charge is 0.315 e. The maximum atomic E-state index is 12.2. The van der Waals surface area contributed by atoms with Gasteiger partial charge in [-0.1, -0.05) is 31.5 Å². The number of hydrogen-bond acceptors (Lipinski definition) is 4. The summed E-state index contributed by atoms with van der Waals surface area (Å²) < 4.78 is 6.11. The van der Waals surface area contributed by atoms with Crippen molar-refractivity contribution in [2.45, 2.75) is 33.1 Å². The Balaban J connectivity index is 2.39. The van der Waals surface area contributed by atoms with Crippen LogP contribution in [0.1, 0.15) is 38.1 Å². The number of ether oxygens (including phenoxy) is 1. The first-order valence-corrected chi connectivity index (χ1v) is 7.94. The van der Waals surface area contributed by atoms with E-state index in [-0.39, 0.29) is 11.9 Å². The quantitative estimate of drug-likeness (QED) is 0.755. The van der Waals surface area contributed by atoms with Crippen LogP contribution in [0, 0.1) is 5.92 Å². The number of rotatable bonds is 5. The number of thiazole rings is 1. The number of halogens is 1. The zero-order chi connectivity index (χ0) is 14.7. The van der Waals surface area contributed by atoms with Gasteiger partial charge in [0.1, 0.15) is 10.9 Å². The highest BCUT2D eigenvalue weighted by Gasteiger charge is 2.26.